The van der Waals surface area contributed by atoms with Gasteiger partial charge in [-0.2, -0.15) is 5.10 Å². The maximum Gasteiger partial charge on any atom is 0.286 e. The zero-order valence-electron chi connectivity index (χ0n) is 29.7. The van der Waals surface area contributed by atoms with Crippen molar-refractivity contribution in [3.05, 3.63) is 87.7 Å². The number of nitrogens with one attached hydrogen (secondary N) is 1. The standard InChI is InChI=1S/C39H46ClN5O6S/c1-25-5-3-7-35(49-2)31-11-8-28(31)20-44-23-39(14-4-6-26-17-29(40)10-12-32(26)39)24-51-36-13-9-27(18-34(36)44)37(46)42-52(48,22-25)43-38(47)33-19-30-21-50-16-15-45(30)41-33/h3,7,9-10,12-13,17-19,25,28,31,35H,4-6,8,11,14-16,20-24H2,1-2H3,(H,42,43,46,47,48)/b7-3-/t25-,28-,31+,35-,39-,52?/m0/s1. The van der Waals surface area contributed by atoms with Crippen LogP contribution in [0.1, 0.15) is 76.7 Å². The average molecular weight is 748 g/mol. The lowest BCUT2D eigenvalue weighted by Gasteiger charge is -2.46. The van der Waals surface area contributed by atoms with Gasteiger partial charge in [-0.05, 0) is 104 Å². The van der Waals surface area contributed by atoms with Crippen LogP contribution in [0, 0.1) is 17.8 Å². The van der Waals surface area contributed by atoms with E-state index in [2.05, 4.69) is 43.4 Å². The van der Waals surface area contributed by atoms with Gasteiger partial charge in [0.2, 0.25) is 0 Å². The molecule has 2 aromatic carbocycles. The van der Waals surface area contributed by atoms with Crippen LogP contribution in [-0.2, 0) is 44.4 Å². The molecular weight excluding hydrogens is 702 g/mol. The van der Waals surface area contributed by atoms with Gasteiger partial charge in [-0.1, -0.05) is 36.7 Å². The van der Waals surface area contributed by atoms with Crippen molar-refractivity contribution in [2.45, 2.75) is 70.1 Å². The number of rotatable bonds is 3. The molecule has 4 heterocycles. The summed E-state index contributed by atoms with van der Waals surface area (Å²) in [6.45, 7) is 5.30. The average Bonchev–Trinajstić information content (AvgIpc) is 3.49. The first-order valence-corrected chi connectivity index (χ1v) is 20.4. The first-order chi connectivity index (χ1) is 25.1. The number of halogens is 1. The molecule has 52 heavy (non-hydrogen) atoms. The van der Waals surface area contributed by atoms with Gasteiger partial charge in [0.05, 0.1) is 49.6 Å². The number of fused-ring (bicyclic) bond motifs is 5. The van der Waals surface area contributed by atoms with Crippen LogP contribution in [0.15, 0.2) is 59.0 Å². The molecule has 1 fully saturated rings. The first kappa shape index (κ1) is 35.3. The third kappa shape index (κ3) is 6.90. The van der Waals surface area contributed by atoms with Crippen LogP contribution in [0.4, 0.5) is 5.69 Å². The maximum absolute atomic E-state index is 14.6. The minimum atomic E-state index is -3.57. The van der Waals surface area contributed by atoms with E-state index in [-0.39, 0.29) is 34.4 Å². The smallest absolute Gasteiger partial charge is 0.286 e. The van der Waals surface area contributed by atoms with E-state index in [0.717, 1.165) is 55.1 Å². The summed E-state index contributed by atoms with van der Waals surface area (Å²) in [4.78, 5) is 30.0. The van der Waals surface area contributed by atoms with Crippen molar-refractivity contribution in [2.24, 2.45) is 22.1 Å². The summed E-state index contributed by atoms with van der Waals surface area (Å²) in [6, 6.07) is 13.2. The molecule has 0 radical (unpaired) electrons. The van der Waals surface area contributed by atoms with E-state index in [4.69, 9.17) is 25.8 Å². The van der Waals surface area contributed by atoms with Crippen LogP contribution >= 0.6 is 11.6 Å². The largest absolute Gasteiger partial charge is 0.490 e. The molecule has 3 aliphatic heterocycles. The number of carbonyl (C=O) groups is 2. The van der Waals surface area contributed by atoms with Crippen molar-refractivity contribution in [3.8, 4) is 5.75 Å². The Morgan fingerprint density at radius 3 is 2.87 bits per heavy atom. The number of amides is 2. The fourth-order valence-corrected chi connectivity index (χ4v) is 10.8. The Morgan fingerprint density at radius 2 is 2.06 bits per heavy atom. The lowest BCUT2D eigenvalue weighted by atomic mass is 9.68. The highest BCUT2D eigenvalue weighted by atomic mass is 35.5. The third-order valence-corrected chi connectivity index (χ3v) is 13.8. The highest BCUT2D eigenvalue weighted by Crippen LogP contribution is 2.47. The summed E-state index contributed by atoms with van der Waals surface area (Å²) < 4.78 is 41.5. The van der Waals surface area contributed by atoms with Gasteiger partial charge in [0, 0.05) is 36.2 Å². The van der Waals surface area contributed by atoms with Crippen molar-refractivity contribution >= 4 is 39.0 Å². The molecule has 3 aromatic rings. The van der Waals surface area contributed by atoms with E-state index in [1.807, 2.05) is 25.1 Å². The number of ether oxygens (including phenoxy) is 3. The van der Waals surface area contributed by atoms with Gasteiger partial charge in [-0.25, -0.2) is 4.21 Å². The molecular formula is C39H46ClN5O6S. The third-order valence-electron chi connectivity index (χ3n) is 11.6. The van der Waals surface area contributed by atoms with Crippen molar-refractivity contribution in [2.75, 3.05) is 44.1 Å². The number of methoxy groups -OCH3 is 1. The SMILES string of the molecule is CO[C@H]1/C=C\C[C@H](C)CS(=O)(NC(=O)c2cc3n(n2)CCOC3)=NC(=O)c2ccc3c(c2)N(C[C@@H]2CC[C@H]21)C[C@@]1(CCCc2cc(Cl)ccc21)CO3. The Hall–Kier alpha value is -3.71. The highest BCUT2D eigenvalue weighted by molar-refractivity contribution is 7.92. The zero-order valence-corrected chi connectivity index (χ0v) is 31.3. The molecule has 276 valence electrons. The van der Waals surface area contributed by atoms with Crippen LogP contribution in [0.2, 0.25) is 5.02 Å². The van der Waals surface area contributed by atoms with Gasteiger partial charge in [-0.15, -0.1) is 4.36 Å². The van der Waals surface area contributed by atoms with Crippen LogP contribution in [0.5, 0.6) is 5.75 Å². The monoisotopic (exact) mass is 747 g/mol. The van der Waals surface area contributed by atoms with Gasteiger partial charge >= 0.3 is 0 Å². The topological polar surface area (TPSA) is 124 Å². The fourth-order valence-electron chi connectivity index (χ4n) is 8.77. The molecule has 1 N–H and O–H groups in total. The molecule has 2 bridgehead atoms. The lowest BCUT2D eigenvalue weighted by Crippen LogP contribution is -2.49. The molecule has 2 amide bonds. The number of carbonyl (C=O) groups excluding carboxylic acids is 2. The predicted molar refractivity (Wildman–Crippen MR) is 199 cm³/mol. The second-order valence-corrected chi connectivity index (χ2v) is 17.6. The summed E-state index contributed by atoms with van der Waals surface area (Å²) in [5, 5.41) is 5.14. The molecule has 1 aromatic heterocycles. The predicted octanol–water partition coefficient (Wildman–Crippen LogP) is 6.13. The second kappa shape index (κ2) is 14.3. The minimum Gasteiger partial charge on any atom is -0.490 e. The van der Waals surface area contributed by atoms with Crippen LogP contribution in [0.3, 0.4) is 0 Å². The molecule has 1 unspecified atom stereocenters. The van der Waals surface area contributed by atoms with E-state index >= 15 is 0 Å². The molecule has 0 saturated heterocycles. The number of aromatic nitrogens is 2. The van der Waals surface area contributed by atoms with Crippen LogP contribution < -0.4 is 14.4 Å². The molecule has 8 rings (SSSR count). The van der Waals surface area contributed by atoms with E-state index in [0.29, 0.717) is 56.9 Å². The number of hydrogen-bond donors (Lipinski definition) is 1. The molecule has 6 atom stereocenters. The Balaban J connectivity index is 1.18. The zero-order chi connectivity index (χ0) is 36.0. The molecule has 11 nitrogen and oxygen atoms in total. The molecule has 1 spiro atoms. The number of nitrogens with zero attached hydrogens (tertiary/aromatic N) is 4. The molecule has 2 aliphatic carbocycles. The summed E-state index contributed by atoms with van der Waals surface area (Å²) in [7, 11) is -1.80. The van der Waals surface area contributed by atoms with Gasteiger partial charge in [0.1, 0.15) is 15.7 Å². The number of hydrogen-bond acceptors (Lipinski definition) is 8. The summed E-state index contributed by atoms with van der Waals surface area (Å²) >= 11 is 6.46. The van der Waals surface area contributed by atoms with Crippen molar-refractivity contribution in [3.63, 3.8) is 0 Å². The maximum atomic E-state index is 14.6. The van der Waals surface area contributed by atoms with E-state index in [9.17, 15) is 13.8 Å². The number of aryl methyl sites for hydroxylation is 1. The summed E-state index contributed by atoms with van der Waals surface area (Å²) in [5.74, 6) is -0.0528. The summed E-state index contributed by atoms with van der Waals surface area (Å²) in [5.41, 5.74) is 4.25. The number of allylic oxidation sites excluding steroid dienone is 1. The highest BCUT2D eigenvalue weighted by Gasteiger charge is 2.44. The van der Waals surface area contributed by atoms with Gasteiger partial charge in [0.15, 0.2) is 5.69 Å². The van der Waals surface area contributed by atoms with Crippen molar-refractivity contribution < 1.29 is 28.0 Å². The number of anilines is 1. The van der Waals surface area contributed by atoms with E-state index in [1.165, 1.54) is 11.1 Å². The molecule has 1 saturated carbocycles. The van der Waals surface area contributed by atoms with Gasteiger partial charge in [0.25, 0.3) is 11.8 Å². The first-order valence-electron chi connectivity index (χ1n) is 18.4. The van der Waals surface area contributed by atoms with Crippen LogP contribution in [-0.4, -0.2) is 71.1 Å². The fraction of sp³-hybridized carbons (Fsp3) is 0.513. The minimum absolute atomic E-state index is 0.0126. The molecule has 13 heteroatoms. The number of benzene rings is 2. The molecule has 5 aliphatic rings. The Kier molecular flexibility index (Phi) is 9.69. The Labute approximate surface area is 310 Å². The normalized spacial score (nSPS) is 30.8. The Morgan fingerprint density at radius 1 is 1.17 bits per heavy atom. The Bertz CT molecular complexity index is 2020. The lowest BCUT2D eigenvalue weighted by molar-refractivity contribution is 0.0131. The van der Waals surface area contributed by atoms with Crippen LogP contribution in [0.25, 0.3) is 0 Å². The van der Waals surface area contributed by atoms with E-state index in [1.54, 1.807) is 23.9 Å². The van der Waals surface area contributed by atoms with Crippen molar-refractivity contribution in [1.82, 2.24) is 14.5 Å². The van der Waals surface area contributed by atoms with Crippen molar-refractivity contribution in [1.29, 1.82) is 0 Å². The van der Waals surface area contributed by atoms with Gasteiger partial charge in [-0.3, -0.25) is 19.0 Å². The summed E-state index contributed by atoms with van der Waals surface area (Å²) in [6.07, 6.45) is 9.84. The van der Waals surface area contributed by atoms with E-state index < -0.39 is 21.7 Å². The second-order valence-electron chi connectivity index (χ2n) is 15.2. The quantitative estimate of drug-likeness (QED) is 0.318. The van der Waals surface area contributed by atoms with Gasteiger partial charge < -0.3 is 19.1 Å².